The Morgan fingerprint density at radius 3 is 2.53 bits per heavy atom. The molecule has 0 heterocycles. The lowest BCUT2D eigenvalue weighted by Crippen LogP contribution is -2.20. The van der Waals surface area contributed by atoms with Gasteiger partial charge in [-0.1, -0.05) is 48.8 Å². The van der Waals surface area contributed by atoms with E-state index in [1.165, 1.54) is 5.56 Å². The minimum atomic E-state index is 0.289. The van der Waals surface area contributed by atoms with Crippen molar-refractivity contribution in [2.24, 2.45) is 5.41 Å². The zero-order valence-electron chi connectivity index (χ0n) is 9.63. The molecule has 1 aromatic carbocycles. The van der Waals surface area contributed by atoms with E-state index >= 15 is 0 Å². The van der Waals surface area contributed by atoms with Crippen LogP contribution in [0.3, 0.4) is 0 Å². The minimum Gasteiger partial charge on any atom is -0.508 e. The summed E-state index contributed by atoms with van der Waals surface area (Å²) in [5, 5.41) is 9.33. The van der Waals surface area contributed by atoms with Gasteiger partial charge in [-0.05, 0) is 36.0 Å². The standard InChI is InChI=1S/C13H19BrO/c1-13(2,3)12(14)8-7-10-5-4-6-11(15)9-10/h4-6,9,12,15H,7-8H2,1-3H3. The smallest absolute Gasteiger partial charge is 0.115 e. The number of rotatable bonds is 3. The molecule has 84 valence electrons. The molecule has 1 atom stereocenters. The summed E-state index contributed by atoms with van der Waals surface area (Å²) in [6.45, 7) is 6.69. The summed E-state index contributed by atoms with van der Waals surface area (Å²) in [6.07, 6.45) is 2.09. The quantitative estimate of drug-likeness (QED) is 0.819. The number of halogens is 1. The largest absolute Gasteiger partial charge is 0.508 e. The van der Waals surface area contributed by atoms with Crippen LogP contribution >= 0.6 is 15.9 Å². The van der Waals surface area contributed by atoms with Crippen LogP contribution in [0.2, 0.25) is 0 Å². The highest BCUT2D eigenvalue weighted by molar-refractivity contribution is 9.09. The molecule has 1 unspecified atom stereocenters. The Hall–Kier alpha value is -0.500. The van der Waals surface area contributed by atoms with Crippen LogP contribution < -0.4 is 0 Å². The van der Waals surface area contributed by atoms with Gasteiger partial charge in [0.05, 0.1) is 0 Å². The summed E-state index contributed by atoms with van der Waals surface area (Å²) >= 11 is 3.71. The van der Waals surface area contributed by atoms with E-state index in [0.717, 1.165) is 12.8 Å². The van der Waals surface area contributed by atoms with Crippen LogP contribution in [0, 0.1) is 5.41 Å². The van der Waals surface area contributed by atoms with Gasteiger partial charge in [-0.25, -0.2) is 0 Å². The second kappa shape index (κ2) is 5.02. The molecule has 0 aromatic heterocycles. The average Bonchev–Trinajstić information content (AvgIpc) is 2.12. The molecule has 0 aliphatic heterocycles. The van der Waals surface area contributed by atoms with E-state index in [4.69, 9.17) is 0 Å². The second-order valence-electron chi connectivity index (χ2n) is 5.04. The van der Waals surface area contributed by atoms with E-state index < -0.39 is 0 Å². The number of phenols is 1. The van der Waals surface area contributed by atoms with Crippen molar-refractivity contribution in [2.75, 3.05) is 0 Å². The predicted molar refractivity (Wildman–Crippen MR) is 68.6 cm³/mol. The molecule has 0 fully saturated rings. The van der Waals surface area contributed by atoms with Crippen LogP contribution in [0.15, 0.2) is 24.3 Å². The first-order valence-corrected chi connectivity index (χ1v) is 6.23. The van der Waals surface area contributed by atoms with Crippen molar-refractivity contribution in [3.8, 4) is 5.75 Å². The number of alkyl halides is 1. The van der Waals surface area contributed by atoms with E-state index in [1.54, 1.807) is 6.07 Å². The fourth-order valence-corrected chi connectivity index (χ4v) is 1.67. The molecular weight excluding hydrogens is 252 g/mol. The number of phenolic OH excluding ortho intramolecular Hbond substituents is 1. The van der Waals surface area contributed by atoms with E-state index in [-0.39, 0.29) is 5.41 Å². The van der Waals surface area contributed by atoms with Gasteiger partial charge in [0, 0.05) is 4.83 Å². The first-order valence-electron chi connectivity index (χ1n) is 5.31. The van der Waals surface area contributed by atoms with Crippen molar-refractivity contribution >= 4 is 15.9 Å². The van der Waals surface area contributed by atoms with Gasteiger partial charge in [0.25, 0.3) is 0 Å². The maximum atomic E-state index is 9.33. The molecule has 1 N–H and O–H groups in total. The molecule has 1 aromatic rings. The van der Waals surface area contributed by atoms with Crippen molar-refractivity contribution in [1.29, 1.82) is 0 Å². The topological polar surface area (TPSA) is 20.2 Å². The van der Waals surface area contributed by atoms with Gasteiger partial charge in [-0.15, -0.1) is 0 Å². The number of aryl methyl sites for hydroxylation is 1. The average molecular weight is 271 g/mol. The molecule has 0 amide bonds. The Kier molecular flexibility index (Phi) is 4.21. The normalized spacial score (nSPS) is 13.9. The summed E-state index contributed by atoms with van der Waals surface area (Å²) in [4.78, 5) is 0.507. The van der Waals surface area contributed by atoms with Crippen molar-refractivity contribution < 1.29 is 5.11 Å². The molecule has 1 nitrogen and oxygen atoms in total. The lowest BCUT2D eigenvalue weighted by atomic mass is 9.89. The fourth-order valence-electron chi connectivity index (χ4n) is 1.44. The predicted octanol–water partition coefficient (Wildman–Crippen LogP) is 4.13. The van der Waals surface area contributed by atoms with Gasteiger partial charge in [0.1, 0.15) is 5.75 Å². The van der Waals surface area contributed by atoms with Gasteiger partial charge in [0.2, 0.25) is 0 Å². The third kappa shape index (κ3) is 4.25. The lowest BCUT2D eigenvalue weighted by molar-refractivity contribution is 0.385. The van der Waals surface area contributed by atoms with Crippen LogP contribution in [-0.4, -0.2) is 9.93 Å². The molecule has 2 heteroatoms. The summed E-state index contributed by atoms with van der Waals surface area (Å²) in [5.74, 6) is 0.356. The summed E-state index contributed by atoms with van der Waals surface area (Å²) in [7, 11) is 0. The van der Waals surface area contributed by atoms with E-state index in [9.17, 15) is 5.11 Å². The number of hydrogen-bond acceptors (Lipinski definition) is 1. The Morgan fingerprint density at radius 1 is 1.33 bits per heavy atom. The molecule has 0 saturated carbocycles. The highest BCUT2D eigenvalue weighted by atomic mass is 79.9. The maximum Gasteiger partial charge on any atom is 0.115 e. The van der Waals surface area contributed by atoms with E-state index in [2.05, 4.69) is 42.8 Å². The zero-order valence-corrected chi connectivity index (χ0v) is 11.2. The fraction of sp³-hybridized carbons (Fsp3) is 0.538. The Labute approximate surface area is 101 Å². The molecule has 1 rings (SSSR count). The SMILES string of the molecule is CC(C)(C)C(Br)CCc1cccc(O)c1. The summed E-state index contributed by atoms with van der Waals surface area (Å²) < 4.78 is 0. The van der Waals surface area contributed by atoms with Crippen LogP contribution in [0.5, 0.6) is 5.75 Å². The highest BCUT2D eigenvalue weighted by Gasteiger charge is 2.21. The molecule has 0 radical (unpaired) electrons. The minimum absolute atomic E-state index is 0.289. The van der Waals surface area contributed by atoms with E-state index in [1.807, 2.05) is 12.1 Å². The molecule has 0 aliphatic carbocycles. The molecular formula is C13H19BrO. The van der Waals surface area contributed by atoms with Gasteiger partial charge in [0.15, 0.2) is 0 Å². The van der Waals surface area contributed by atoms with Gasteiger partial charge < -0.3 is 5.11 Å². The van der Waals surface area contributed by atoms with Crippen molar-refractivity contribution in [2.45, 2.75) is 38.4 Å². The molecule has 0 saturated heterocycles. The number of benzene rings is 1. The van der Waals surface area contributed by atoms with Crippen LogP contribution in [0.25, 0.3) is 0 Å². The van der Waals surface area contributed by atoms with Crippen molar-refractivity contribution in [1.82, 2.24) is 0 Å². The molecule has 0 spiro atoms. The monoisotopic (exact) mass is 270 g/mol. The van der Waals surface area contributed by atoms with Gasteiger partial charge >= 0.3 is 0 Å². The van der Waals surface area contributed by atoms with Crippen LogP contribution in [0.1, 0.15) is 32.8 Å². The summed E-state index contributed by atoms with van der Waals surface area (Å²) in [5.41, 5.74) is 1.49. The summed E-state index contributed by atoms with van der Waals surface area (Å²) in [6, 6.07) is 7.49. The highest BCUT2D eigenvalue weighted by Crippen LogP contribution is 2.29. The number of hydrogen-bond donors (Lipinski definition) is 1. The van der Waals surface area contributed by atoms with Crippen molar-refractivity contribution in [3.63, 3.8) is 0 Å². The van der Waals surface area contributed by atoms with Crippen molar-refractivity contribution in [3.05, 3.63) is 29.8 Å². The third-order valence-corrected chi connectivity index (χ3v) is 4.37. The van der Waals surface area contributed by atoms with Gasteiger partial charge in [-0.3, -0.25) is 0 Å². The van der Waals surface area contributed by atoms with Crippen LogP contribution in [-0.2, 0) is 6.42 Å². The molecule has 0 bridgehead atoms. The molecule has 0 aliphatic rings. The Morgan fingerprint density at radius 2 is 2.00 bits per heavy atom. The maximum absolute atomic E-state index is 9.33. The Balaban J connectivity index is 2.51. The Bertz CT molecular complexity index is 315. The molecule has 15 heavy (non-hydrogen) atoms. The second-order valence-corrected chi connectivity index (χ2v) is 6.15. The van der Waals surface area contributed by atoms with E-state index in [0.29, 0.717) is 10.6 Å². The first-order chi connectivity index (χ1) is 6.89. The number of aromatic hydroxyl groups is 1. The third-order valence-electron chi connectivity index (χ3n) is 2.54. The zero-order chi connectivity index (χ0) is 11.5. The van der Waals surface area contributed by atoms with Gasteiger partial charge in [-0.2, -0.15) is 0 Å². The van der Waals surface area contributed by atoms with Crippen LogP contribution in [0.4, 0.5) is 0 Å². The lowest BCUT2D eigenvalue weighted by Gasteiger charge is -2.25. The first kappa shape index (κ1) is 12.6.